The van der Waals surface area contributed by atoms with Crippen LogP contribution in [-0.2, 0) is 14.3 Å². The summed E-state index contributed by atoms with van der Waals surface area (Å²) < 4.78 is 5.76. The third-order valence-electron chi connectivity index (χ3n) is 4.80. The molecule has 1 aliphatic heterocycles. The van der Waals surface area contributed by atoms with E-state index in [0.717, 1.165) is 30.6 Å². The molecular formula is C16H20O3S. The normalized spacial score (nSPS) is 28.4. The van der Waals surface area contributed by atoms with Crippen LogP contribution < -0.4 is 0 Å². The summed E-state index contributed by atoms with van der Waals surface area (Å²) in [5, 5.41) is 1.98. The Morgan fingerprint density at radius 3 is 2.50 bits per heavy atom. The number of thiophene rings is 1. The van der Waals surface area contributed by atoms with Crippen molar-refractivity contribution < 1.29 is 14.3 Å². The molecule has 1 spiro atoms. The van der Waals surface area contributed by atoms with E-state index in [1.807, 2.05) is 17.5 Å². The molecule has 1 saturated heterocycles. The molecule has 2 heterocycles. The molecule has 0 amide bonds. The molecule has 1 atom stereocenters. The van der Waals surface area contributed by atoms with Crippen molar-refractivity contribution in [1.29, 1.82) is 0 Å². The van der Waals surface area contributed by atoms with E-state index < -0.39 is 10.8 Å². The Bertz CT molecular complexity index is 524. The van der Waals surface area contributed by atoms with Crippen molar-refractivity contribution in [3.05, 3.63) is 22.4 Å². The van der Waals surface area contributed by atoms with Gasteiger partial charge in [-0.2, -0.15) is 0 Å². The summed E-state index contributed by atoms with van der Waals surface area (Å²) in [4.78, 5) is 26.3. The summed E-state index contributed by atoms with van der Waals surface area (Å²) in [6.45, 7) is 3.41. The van der Waals surface area contributed by atoms with Gasteiger partial charge >= 0.3 is 5.97 Å². The predicted molar refractivity (Wildman–Crippen MR) is 77.5 cm³/mol. The highest BCUT2D eigenvalue weighted by Crippen LogP contribution is 2.56. The van der Waals surface area contributed by atoms with Gasteiger partial charge in [-0.15, -0.1) is 11.3 Å². The van der Waals surface area contributed by atoms with Crippen LogP contribution in [0.25, 0.3) is 0 Å². The van der Waals surface area contributed by atoms with Crippen LogP contribution in [0.3, 0.4) is 0 Å². The van der Waals surface area contributed by atoms with Gasteiger partial charge in [0, 0.05) is 4.88 Å². The van der Waals surface area contributed by atoms with E-state index in [1.165, 1.54) is 6.42 Å². The molecule has 1 aromatic heterocycles. The fourth-order valence-corrected chi connectivity index (χ4v) is 4.51. The first kappa shape index (κ1) is 13.8. The number of ether oxygens (including phenoxy) is 1. The number of carbonyl (C=O) groups excluding carboxylic acids is 2. The highest BCUT2D eigenvalue weighted by Gasteiger charge is 2.60. The van der Waals surface area contributed by atoms with Gasteiger partial charge < -0.3 is 4.74 Å². The van der Waals surface area contributed by atoms with Crippen molar-refractivity contribution in [2.45, 2.75) is 52.1 Å². The summed E-state index contributed by atoms with van der Waals surface area (Å²) in [6, 6.07) is 3.93. The Labute approximate surface area is 123 Å². The molecule has 0 unspecified atom stereocenters. The first-order valence-electron chi connectivity index (χ1n) is 7.28. The lowest BCUT2D eigenvalue weighted by Gasteiger charge is -2.48. The number of hydrogen-bond acceptors (Lipinski definition) is 4. The van der Waals surface area contributed by atoms with E-state index in [4.69, 9.17) is 4.74 Å². The Kier molecular flexibility index (Phi) is 3.24. The number of ketones is 1. The molecular weight excluding hydrogens is 272 g/mol. The topological polar surface area (TPSA) is 43.4 Å². The van der Waals surface area contributed by atoms with Gasteiger partial charge in [0.25, 0.3) is 0 Å². The van der Waals surface area contributed by atoms with Crippen LogP contribution in [0.1, 0.15) is 56.9 Å². The molecule has 1 aliphatic carbocycles. The summed E-state index contributed by atoms with van der Waals surface area (Å²) in [6.07, 6.45) is 4.55. The van der Waals surface area contributed by atoms with Crippen LogP contribution in [0.15, 0.2) is 17.5 Å². The van der Waals surface area contributed by atoms with Crippen molar-refractivity contribution >= 4 is 23.1 Å². The molecule has 1 aromatic rings. The monoisotopic (exact) mass is 292 g/mol. The average molecular weight is 292 g/mol. The van der Waals surface area contributed by atoms with E-state index in [-0.39, 0.29) is 17.9 Å². The van der Waals surface area contributed by atoms with Gasteiger partial charge in [-0.25, -0.2) is 0 Å². The third-order valence-corrected chi connectivity index (χ3v) is 5.72. The molecule has 0 aromatic carbocycles. The number of esters is 1. The van der Waals surface area contributed by atoms with Crippen molar-refractivity contribution in [3.63, 3.8) is 0 Å². The SMILES string of the molecule is CC1(C)C(=O)O[C@@H](c2cccs2)C2(CCCCC2)C1=O. The third kappa shape index (κ3) is 1.85. The Morgan fingerprint density at radius 2 is 1.90 bits per heavy atom. The molecule has 1 saturated carbocycles. The minimum atomic E-state index is -1.01. The second-order valence-corrected chi connectivity index (χ2v) is 7.45. The molecule has 0 bridgehead atoms. The fraction of sp³-hybridized carbons (Fsp3) is 0.625. The van der Waals surface area contributed by atoms with Gasteiger partial charge in [0.15, 0.2) is 5.78 Å². The van der Waals surface area contributed by atoms with Crippen LogP contribution >= 0.6 is 11.3 Å². The number of hydrogen-bond donors (Lipinski definition) is 0. The molecule has 108 valence electrons. The Balaban J connectivity index is 2.08. The lowest BCUT2D eigenvalue weighted by Crippen LogP contribution is -2.55. The predicted octanol–water partition coefficient (Wildman–Crippen LogP) is 3.89. The van der Waals surface area contributed by atoms with Gasteiger partial charge in [0.2, 0.25) is 0 Å². The van der Waals surface area contributed by atoms with Gasteiger partial charge in [-0.1, -0.05) is 25.3 Å². The highest BCUT2D eigenvalue weighted by atomic mass is 32.1. The van der Waals surface area contributed by atoms with E-state index in [1.54, 1.807) is 25.2 Å². The molecule has 3 rings (SSSR count). The number of carbonyl (C=O) groups is 2. The van der Waals surface area contributed by atoms with Crippen molar-refractivity contribution in [1.82, 2.24) is 0 Å². The van der Waals surface area contributed by atoms with Crippen LogP contribution in [0, 0.1) is 10.8 Å². The zero-order chi connectivity index (χ0) is 14.4. The molecule has 2 aliphatic rings. The van der Waals surface area contributed by atoms with Crippen molar-refractivity contribution in [2.75, 3.05) is 0 Å². The zero-order valence-corrected chi connectivity index (χ0v) is 12.8. The van der Waals surface area contributed by atoms with Crippen LogP contribution in [0.4, 0.5) is 0 Å². The molecule has 0 N–H and O–H groups in total. The summed E-state index contributed by atoms with van der Waals surface area (Å²) in [5.74, 6) is -0.295. The first-order valence-corrected chi connectivity index (χ1v) is 8.16. The summed E-state index contributed by atoms with van der Waals surface area (Å²) >= 11 is 1.57. The molecule has 3 nitrogen and oxygen atoms in total. The van der Waals surface area contributed by atoms with E-state index in [0.29, 0.717) is 0 Å². The van der Waals surface area contributed by atoms with Crippen LogP contribution in [-0.4, -0.2) is 11.8 Å². The second kappa shape index (κ2) is 4.69. The zero-order valence-electron chi connectivity index (χ0n) is 12.0. The minimum Gasteiger partial charge on any atom is -0.455 e. The van der Waals surface area contributed by atoms with Crippen LogP contribution in [0.2, 0.25) is 0 Å². The maximum Gasteiger partial charge on any atom is 0.319 e. The minimum absolute atomic E-state index is 0.0827. The largest absolute Gasteiger partial charge is 0.455 e. The summed E-state index contributed by atoms with van der Waals surface area (Å²) in [7, 11) is 0. The molecule has 20 heavy (non-hydrogen) atoms. The maximum absolute atomic E-state index is 13.0. The average Bonchev–Trinajstić information content (AvgIpc) is 2.96. The second-order valence-electron chi connectivity index (χ2n) is 6.47. The highest BCUT2D eigenvalue weighted by molar-refractivity contribution is 7.10. The lowest BCUT2D eigenvalue weighted by atomic mass is 9.59. The van der Waals surface area contributed by atoms with Gasteiger partial charge in [0.05, 0.1) is 5.41 Å². The lowest BCUT2D eigenvalue weighted by molar-refractivity contribution is -0.192. The van der Waals surface area contributed by atoms with Gasteiger partial charge in [-0.3, -0.25) is 9.59 Å². The fourth-order valence-electron chi connectivity index (χ4n) is 3.64. The molecule has 4 heteroatoms. The van der Waals surface area contributed by atoms with Crippen molar-refractivity contribution in [3.8, 4) is 0 Å². The van der Waals surface area contributed by atoms with Gasteiger partial charge in [0.1, 0.15) is 11.5 Å². The molecule has 2 fully saturated rings. The summed E-state index contributed by atoms with van der Waals surface area (Å²) in [5.41, 5.74) is -1.51. The number of rotatable bonds is 1. The van der Waals surface area contributed by atoms with Crippen molar-refractivity contribution in [2.24, 2.45) is 10.8 Å². The van der Waals surface area contributed by atoms with Gasteiger partial charge in [-0.05, 0) is 38.1 Å². The van der Waals surface area contributed by atoms with E-state index >= 15 is 0 Å². The van der Waals surface area contributed by atoms with Crippen LogP contribution in [0.5, 0.6) is 0 Å². The number of cyclic esters (lactones) is 1. The Morgan fingerprint density at radius 1 is 1.20 bits per heavy atom. The smallest absolute Gasteiger partial charge is 0.319 e. The number of Topliss-reactive ketones (excluding diaryl/α,β-unsaturated/α-hetero) is 1. The first-order chi connectivity index (χ1) is 9.48. The molecule has 0 radical (unpaired) electrons. The standard InChI is InChI=1S/C16H20O3S/c1-15(2)13(17)16(8-4-3-5-9-16)12(19-14(15)18)11-7-6-10-20-11/h6-7,10,12H,3-5,8-9H2,1-2H3/t12-/m0/s1. The quantitative estimate of drug-likeness (QED) is 0.582. The Hall–Kier alpha value is -1.16. The van der Waals surface area contributed by atoms with E-state index in [9.17, 15) is 9.59 Å². The van der Waals surface area contributed by atoms with E-state index in [2.05, 4.69) is 0 Å². The maximum atomic E-state index is 13.0.